The van der Waals surface area contributed by atoms with Crippen molar-refractivity contribution in [3.8, 4) is 0 Å². The number of hydrogen-bond acceptors (Lipinski definition) is 5. The van der Waals surface area contributed by atoms with Gasteiger partial charge < -0.3 is 14.1 Å². The van der Waals surface area contributed by atoms with Crippen molar-refractivity contribution in [2.45, 2.75) is 18.6 Å². The molecule has 0 saturated carbocycles. The number of likely N-dealkylation sites (tertiary alicyclic amines) is 1. The van der Waals surface area contributed by atoms with Crippen LogP contribution in [0.15, 0.2) is 27.7 Å². The van der Waals surface area contributed by atoms with Gasteiger partial charge in [0.25, 0.3) is 5.91 Å². The monoisotopic (exact) mass is 340 g/mol. The number of carbonyl (C=O) groups excluding carboxylic acids is 1. The molecule has 0 bridgehead atoms. The predicted octanol–water partition coefficient (Wildman–Crippen LogP) is 1.76. The third kappa shape index (κ3) is 2.25. The lowest BCUT2D eigenvalue weighted by molar-refractivity contribution is 0.0682. The summed E-state index contributed by atoms with van der Waals surface area (Å²) < 4.78 is 10.9. The number of aromatic amines is 1. The number of nitrogens with zero attached hydrogens (tertiary/aromatic N) is 3. The highest BCUT2D eigenvalue weighted by molar-refractivity contribution is 9.10. The number of nitrogens with one attached hydrogen (secondary N) is 1. The van der Waals surface area contributed by atoms with Crippen LogP contribution in [-0.4, -0.2) is 45.7 Å². The average molecular weight is 341 g/mol. The van der Waals surface area contributed by atoms with Gasteiger partial charge in [0, 0.05) is 20.1 Å². The Labute approximate surface area is 123 Å². The largest absolute Gasteiger partial charge is 0.457 e. The van der Waals surface area contributed by atoms with Crippen molar-refractivity contribution in [1.82, 2.24) is 20.1 Å². The Morgan fingerprint density at radius 1 is 1.65 bits per heavy atom. The fourth-order valence-electron chi connectivity index (χ4n) is 2.43. The number of rotatable bonds is 3. The standard InChI is InChI=1S/C12H13BrN4O3/c1-19-7-4-9(11-14-6-15-16-11)17(5-7)12(18)8-2-3-20-10(8)13/h2-3,6-7,9H,4-5H2,1H3,(H,14,15,16)/t7-,9+/m1/s1. The molecule has 1 saturated heterocycles. The van der Waals surface area contributed by atoms with E-state index < -0.39 is 0 Å². The lowest BCUT2D eigenvalue weighted by atomic mass is 10.2. The van der Waals surface area contributed by atoms with Gasteiger partial charge in [-0.3, -0.25) is 9.89 Å². The van der Waals surface area contributed by atoms with Gasteiger partial charge in [-0.1, -0.05) is 0 Å². The molecular weight excluding hydrogens is 328 g/mol. The molecule has 0 radical (unpaired) electrons. The molecular formula is C12H13BrN4O3. The number of methoxy groups -OCH3 is 1. The van der Waals surface area contributed by atoms with E-state index in [0.29, 0.717) is 29.0 Å². The molecule has 20 heavy (non-hydrogen) atoms. The zero-order valence-corrected chi connectivity index (χ0v) is 12.3. The van der Waals surface area contributed by atoms with Crippen LogP contribution < -0.4 is 0 Å². The molecule has 0 unspecified atom stereocenters. The van der Waals surface area contributed by atoms with Crippen LogP contribution in [-0.2, 0) is 4.74 Å². The van der Waals surface area contributed by atoms with E-state index in [4.69, 9.17) is 9.15 Å². The van der Waals surface area contributed by atoms with Crippen LogP contribution in [0, 0.1) is 0 Å². The van der Waals surface area contributed by atoms with Gasteiger partial charge in [-0.15, -0.1) is 0 Å². The summed E-state index contributed by atoms with van der Waals surface area (Å²) in [6.07, 6.45) is 3.59. The molecule has 1 aliphatic rings. The summed E-state index contributed by atoms with van der Waals surface area (Å²) in [6.45, 7) is 0.512. The molecule has 8 heteroatoms. The summed E-state index contributed by atoms with van der Waals surface area (Å²) in [7, 11) is 1.64. The van der Waals surface area contributed by atoms with Crippen molar-refractivity contribution in [3.63, 3.8) is 0 Å². The summed E-state index contributed by atoms with van der Waals surface area (Å²) in [5, 5.41) is 6.67. The molecule has 1 amide bonds. The van der Waals surface area contributed by atoms with E-state index in [9.17, 15) is 4.79 Å². The number of carbonyl (C=O) groups is 1. The fraction of sp³-hybridized carbons (Fsp3) is 0.417. The molecule has 3 heterocycles. The van der Waals surface area contributed by atoms with Crippen molar-refractivity contribution < 1.29 is 13.9 Å². The molecule has 2 aromatic rings. The second-order valence-corrected chi connectivity index (χ2v) is 5.27. The van der Waals surface area contributed by atoms with Crippen molar-refractivity contribution in [2.75, 3.05) is 13.7 Å². The molecule has 1 aliphatic heterocycles. The quantitative estimate of drug-likeness (QED) is 0.920. The zero-order valence-electron chi connectivity index (χ0n) is 10.7. The minimum Gasteiger partial charge on any atom is -0.457 e. The topological polar surface area (TPSA) is 84.3 Å². The smallest absolute Gasteiger partial charge is 0.259 e. The Morgan fingerprint density at radius 2 is 2.50 bits per heavy atom. The van der Waals surface area contributed by atoms with Crippen LogP contribution >= 0.6 is 15.9 Å². The minimum atomic E-state index is -0.170. The highest BCUT2D eigenvalue weighted by Gasteiger charge is 2.39. The van der Waals surface area contributed by atoms with Crippen LogP contribution in [0.25, 0.3) is 0 Å². The molecule has 0 aromatic carbocycles. The summed E-state index contributed by atoms with van der Waals surface area (Å²) in [5.74, 6) is 0.545. The van der Waals surface area contributed by atoms with Crippen molar-refractivity contribution in [2.24, 2.45) is 0 Å². The first-order valence-corrected chi connectivity index (χ1v) is 6.92. The number of furan rings is 1. The second-order valence-electron chi connectivity index (χ2n) is 4.55. The number of aromatic nitrogens is 3. The summed E-state index contributed by atoms with van der Waals surface area (Å²) in [6, 6.07) is 1.47. The molecule has 7 nitrogen and oxygen atoms in total. The Bertz CT molecular complexity index is 598. The van der Waals surface area contributed by atoms with Gasteiger partial charge >= 0.3 is 0 Å². The van der Waals surface area contributed by atoms with Crippen molar-refractivity contribution in [1.29, 1.82) is 0 Å². The summed E-state index contributed by atoms with van der Waals surface area (Å²) in [5.41, 5.74) is 0.492. The Kier molecular flexibility index (Phi) is 3.58. The van der Waals surface area contributed by atoms with Gasteiger partial charge in [0.1, 0.15) is 12.2 Å². The molecule has 0 aliphatic carbocycles. The van der Waals surface area contributed by atoms with E-state index in [1.54, 1.807) is 18.1 Å². The second kappa shape index (κ2) is 5.37. The molecule has 2 aromatic heterocycles. The maximum atomic E-state index is 12.6. The minimum absolute atomic E-state index is 0.0141. The van der Waals surface area contributed by atoms with Crippen molar-refractivity contribution in [3.05, 3.63) is 34.7 Å². The predicted molar refractivity (Wildman–Crippen MR) is 72.0 cm³/mol. The van der Waals surface area contributed by atoms with Crippen LogP contribution in [0.4, 0.5) is 0 Å². The molecule has 106 valence electrons. The Hall–Kier alpha value is -1.67. The highest BCUT2D eigenvalue weighted by atomic mass is 79.9. The van der Waals surface area contributed by atoms with Gasteiger partial charge in [-0.2, -0.15) is 5.10 Å². The number of ether oxygens (including phenoxy) is 1. The van der Waals surface area contributed by atoms with Crippen LogP contribution in [0.2, 0.25) is 0 Å². The van der Waals surface area contributed by atoms with Crippen LogP contribution in [0.3, 0.4) is 0 Å². The van der Waals surface area contributed by atoms with Gasteiger partial charge in [0.05, 0.1) is 24.0 Å². The van der Waals surface area contributed by atoms with Gasteiger partial charge in [0.15, 0.2) is 4.67 Å². The molecule has 0 spiro atoms. The number of H-pyrrole nitrogens is 1. The van der Waals surface area contributed by atoms with E-state index in [0.717, 1.165) is 0 Å². The normalized spacial score (nSPS) is 22.4. The Morgan fingerprint density at radius 3 is 3.10 bits per heavy atom. The molecule has 1 N–H and O–H groups in total. The van der Waals surface area contributed by atoms with E-state index in [1.807, 2.05) is 0 Å². The summed E-state index contributed by atoms with van der Waals surface area (Å²) >= 11 is 3.23. The fourth-order valence-corrected chi connectivity index (χ4v) is 2.84. The molecule has 2 atom stereocenters. The average Bonchev–Trinajstić information content (AvgIpc) is 3.17. The van der Waals surface area contributed by atoms with E-state index >= 15 is 0 Å². The maximum absolute atomic E-state index is 12.6. The number of halogens is 1. The van der Waals surface area contributed by atoms with Crippen molar-refractivity contribution >= 4 is 21.8 Å². The first kappa shape index (κ1) is 13.3. The third-order valence-corrected chi connectivity index (χ3v) is 4.07. The van der Waals surface area contributed by atoms with E-state index in [2.05, 4.69) is 31.1 Å². The number of amides is 1. The number of hydrogen-bond donors (Lipinski definition) is 1. The zero-order chi connectivity index (χ0) is 14.1. The van der Waals surface area contributed by atoms with Gasteiger partial charge in [-0.05, 0) is 22.0 Å². The van der Waals surface area contributed by atoms with Crippen LogP contribution in [0.1, 0.15) is 28.6 Å². The lowest BCUT2D eigenvalue weighted by Gasteiger charge is -2.22. The van der Waals surface area contributed by atoms with Crippen LogP contribution in [0.5, 0.6) is 0 Å². The molecule has 1 fully saturated rings. The lowest BCUT2D eigenvalue weighted by Crippen LogP contribution is -2.32. The van der Waals surface area contributed by atoms with Gasteiger partial charge in [-0.25, -0.2) is 4.98 Å². The first-order chi connectivity index (χ1) is 9.70. The summed E-state index contributed by atoms with van der Waals surface area (Å²) in [4.78, 5) is 18.5. The van der Waals surface area contributed by atoms with E-state index in [1.165, 1.54) is 12.6 Å². The SMILES string of the molecule is CO[C@@H]1C[C@@H](c2ncn[nH]2)N(C(=O)c2ccoc2Br)C1. The molecule has 3 rings (SSSR count). The van der Waals surface area contributed by atoms with E-state index in [-0.39, 0.29) is 18.1 Å². The Balaban J connectivity index is 1.90. The first-order valence-electron chi connectivity index (χ1n) is 6.12. The maximum Gasteiger partial charge on any atom is 0.259 e. The van der Waals surface area contributed by atoms with Gasteiger partial charge in [0.2, 0.25) is 0 Å². The highest BCUT2D eigenvalue weighted by Crippen LogP contribution is 2.33. The third-order valence-electron chi connectivity index (χ3n) is 3.45.